The molecule has 0 fully saturated rings. The molecule has 1 amide bonds. The first-order valence-electron chi connectivity index (χ1n) is 27.1. The molecule has 60 heavy (non-hydrogen) atoms. The molecule has 3 unspecified atom stereocenters. The fourth-order valence-electron chi connectivity index (χ4n) is 8.57. The molecule has 0 radical (unpaired) electrons. The summed E-state index contributed by atoms with van der Waals surface area (Å²) in [5.41, 5.74) is 0. The Labute approximate surface area is 375 Å². The first kappa shape index (κ1) is 58.8. The number of carbonyl (C=O) groups is 1. The zero-order valence-corrected chi connectivity index (χ0v) is 40.6. The van der Waals surface area contributed by atoms with Crippen molar-refractivity contribution in [2.75, 3.05) is 6.61 Å². The molecular weight excluding hydrogens is 739 g/mol. The predicted octanol–water partition coefficient (Wildman–Crippen LogP) is 16.5. The minimum absolute atomic E-state index is 0.0166. The van der Waals surface area contributed by atoms with Gasteiger partial charge in [0.2, 0.25) is 5.91 Å². The summed E-state index contributed by atoms with van der Waals surface area (Å²) in [5, 5.41) is 33.3. The van der Waals surface area contributed by atoms with Crippen LogP contribution in [0.4, 0.5) is 0 Å². The van der Waals surface area contributed by atoms with Crippen LogP contribution in [0.1, 0.15) is 296 Å². The first-order valence-corrected chi connectivity index (χ1v) is 27.1. The summed E-state index contributed by atoms with van der Waals surface area (Å²) in [5.74, 6) is -0.313. The highest BCUT2D eigenvalue weighted by Crippen LogP contribution is 2.17. The van der Waals surface area contributed by atoms with Gasteiger partial charge in [0, 0.05) is 0 Å². The van der Waals surface area contributed by atoms with Crippen molar-refractivity contribution in [1.82, 2.24) is 5.32 Å². The van der Waals surface area contributed by atoms with Gasteiger partial charge in [-0.2, -0.15) is 0 Å². The lowest BCUT2D eigenvalue weighted by Gasteiger charge is -2.21. The largest absolute Gasteiger partial charge is 0.394 e. The highest BCUT2D eigenvalue weighted by molar-refractivity contribution is 5.76. The lowest BCUT2D eigenvalue weighted by molar-refractivity contribution is -0.124. The number of rotatable bonds is 50. The van der Waals surface area contributed by atoms with Crippen molar-refractivity contribution < 1.29 is 20.1 Å². The van der Waals surface area contributed by atoms with Crippen molar-refractivity contribution in [3.05, 3.63) is 24.3 Å². The molecule has 0 aliphatic rings. The van der Waals surface area contributed by atoms with E-state index in [2.05, 4.69) is 31.3 Å². The minimum atomic E-state index is -0.926. The van der Waals surface area contributed by atoms with Crippen LogP contribution in [-0.4, -0.2) is 46.1 Å². The number of aliphatic hydroxyl groups excluding tert-OH is 3. The fraction of sp³-hybridized carbons (Fsp3) is 0.909. The second-order valence-corrected chi connectivity index (χ2v) is 18.8. The van der Waals surface area contributed by atoms with E-state index in [0.29, 0.717) is 6.42 Å². The van der Waals surface area contributed by atoms with Gasteiger partial charge in [0.25, 0.3) is 0 Å². The zero-order chi connectivity index (χ0) is 43.7. The average molecular weight is 846 g/mol. The van der Waals surface area contributed by atoms with Crippen LogP contribution in [0, 0.1) is 0 Å². The molecule has 356 valence electrons. The van der Waals surface area contributed by atoms with Gasteiger partial charge in [-0.15, -0.1) is 0 Å². The molecule has 0 bridgehead atoms. The van der Waals surface area contributed by atoms with Gasteiger partial charge in [-0.3, -0.25) is 4.79 Å². The smallest absolute Gasteiger partial charge is 0.222 e. The maximum Gasteiger partial charge on any atom is 0.222 e. The molecule has 0 aromatic rings. The standard InChI is InChI=1S/C55H107NO4/c1-3-5-7-9-11-13-15-17-18-19-20-21-22-23-24-25-26-27-28-29-30-31-32-33-34-35-36-37-38-40-42-44-46-48-52(58)50-55(60)56-53(51-57)54(59)49-47-45-43-41-39-16-14-12-10-8-6-4-2/h25-26,47,49,52-54,57-59H,3-24,27-46,48,50-51H2,1-2H3,(H,56,60)/b26-25-,49-47+. The Balaban J connectivity index is 3.47. The van der Waals surface area contributed by atoms with Crippen LogP contribution in [0.2, 0.25) is 0 Å². The van der Waals surface area contributed by atoms with Crippen LogP contribution in [0.15, 0.2) is 24.3 Å². The molecule has 0 aromatic carbocycles. The number of amides is 1. The molecule has 0 heterocycles. The van der Waals surface area contributed by atoms with Crippen LogP contribution in [-0.2, 0) is 4.79 Å². The van der Waals surface area contributed by atoms with Crippen molar-refractivity contribution in [3.8, 4) is 0 Å². The summed E-state index contributed by atoms with van der Waals surface area (Å²) in [7, 11) is 0. The summed E-state index contributed by atoms with van der Waals surface area (Å²) in [4.78, 5) is 12.5. The highest BCUT2D eigenvalue weighted by Gasteiger charge is 2.20. The van der Waals surface area contributed by atoms with E-state index in [9.17, 15) is 20.1 Å². The number of nitrogens with one attached hydrogen (secondary N) is 1. The Kier molecular flexibility index (Phi) is 49.5. The van der Waals surface area contributed by atoms with Gasteiger partial charge >= 0.3 is 0 Å². The van der Waals surface area contributed by atoms with Gasteiger partial charge in [0.05, 0.1) is 31.3 Å². The van der Waals surface area contributed by atoms with Crippen LogP contribution in [0.3, 0.4) is 0 Å². The Hall–Kier alpha value is -1.17. The summed E-state index contributed by atoms with van der Waals surface area (Å²) < 4.78 is 0. The van der Waals surface area contributed by atoms with Crippen molar-refractivity contribution in [2.45, 2.75) is 315 Å². The van der Waals surface area contributed by atoms with Crippen molar-refractivity contribution >= 4 is 5.91 Å². The monoisotopic (exact) mass is 846 g/mol. The molecule has 0 spiro atoms. The van der Waals surface area contributed by atoms with E-state index in [1.54, 1.807) is 6.08 Å². The Morgan fingerprint density at radius 1 is 0.417 bits per heavy atom. The topological polar surface area (TPSA) is 89.8 Å². The van der Waals surface area contributed by atoms with Gasteiger partial charge in [0.15, 0.2) is 0 Å². The average Bonchev–Trinajstić information content (AvgIpc) is 3.24. The number of carbonyl (C=O) groups excluding carboxylic acids is 1. The zero-order valence-electron chi connectivity index (χ0n) is 40.6. The minimum Gasteiger partial charge on any atom is -0.394 e. The fourth-order valence-corrected chi connectivity index (χ4v) is 8.57. The molecule has 0 saturated carbocycles. The summed E-state index contributed by atoms with van der Waals surface area (Å²) in [6, 6.07) is -0.741. The normalized spacial score (nSPS) is 13.5. The molecule has 3 atom stereocenters. The lowest BCUT2D eigenvalue weighted by Crippen LogP contribution is -2.45. The number of unbranched alkanes of at least 4 members (excludes halogenated alkanes) is 39. The van der Waals surface area contributed by atoms with Gasteiger partial charge < -0.3 is 20.6 Å². The number of allylic oxidation sites excluding steroid dienone is 3. The molecule has 0 aliphatic carbocycles. The van der Waals surface area contributed by atoms with Crippen molar-refractivity contribution in [1.29, 1.82) is 0 Å². The van der Waals surface area contributed by atoms with E-state index in [1.807, 2.05) is 6.08 Å². The SMILES string of the molecule is CCCCCCCCCCCC/C=C/C(O)C(CO)NC(=O)CC(O)CCCCCCCCCCCCCCCCC/C=C\CCCCCCCCCCCCCCCC. The lowest BCUT2D eigenvalue weighted by atomic mass is 10.0. The second-order valence-electron chi connectivity index (χ2n) is 18.8. The van der Waals surface area contributed by atoms with E-state index in [-0.39, 0.29) is 18.9 Å². The van der Waals surface area contributed by atoms with Crippen LogP contribution >= 0.6 is 0 Å². The second kappa shape index (κ2) is 50.5. The van der Waals surface area contributed by atoms with E-state index in [0.717, 1.165) is 25.7 Å². The van der Waals surface area contributed by atoms with E-state index in [4.69, 9.17) is 0 Å². The number of hydrogen-bond acceptors (Lipinski definition) is 4. The molecule has 5 heteroatoms. The maximum atomic E-state index is 12.5. The first-order chi connectivity index (χ1) is 29.5. The number of aliphatic hydroxyl groups is 3. The van der Waals surface area contributed by atoms with Gasteiger partial charge in [0.1, 0.15) is 0 Å². The van der Waals surface area contributed by atoms with E-state index >= 15 is 0 Å². The third-order valence-electron chi connectivity index (χ3n) is 12.7. The Morgan fingerprint density at radius 3 is 1.02 bits per heavy atom. The summed E-state index contributed by atoms with van der Waals surface area (Å²) in [6.07, 6.45) is 63.8. The summed E-state index contributed by atoms with van der Waals surface area (Å²) in [6.45, 7) is 4.22. The van der Waals surface area contributed by atoms with Gasteiger partial charge in [-0.05, 0) is 44.9 Å². The van der Waals surface area contributed by atoms with E-state index in [1.165, 1.54) is 244 Å². The third-order valence-corrected chi connectivity index (χ3v) is 12.7. The molecule has 0 rings (SSSR count). The maximum absolute atomic E-state index is 12.5. The van der Waals surface area contributed by atoms with Crippen molar-refractivity contribution in [2.24, 2.45) is 0 Å². The van der Waals surface area contributed by atoms with Crippen molar-refractivity contribution in [3.63, 3.8) is 0 Å². The highest BCUT2D eigenvalue weighted by atomic mass is 16.3. The quantitative estimate of drug-likeness (QED) is 0.0363. The predicted molar refractivity (Wildman–Crippen MR) is 264 cm³/mol. The molecular formula is C55H107NO4. The molecule has 4 N–H and O–H groups in total. The van der Waals surface area contributed by atoms with Crippen LogP contribution < -0.4 is 5.32 Å². The van der Waals surface area contributed by atoms with Crippen LogP contribution in [0.25, 0.3) is 0 Å². The Morgan fingerprint density at radius 2 is 0.700 bits per heavy atom. The van der Waals surface area contributed by atoms with E-state index < -0.39 is 18.2 Å². The third kappa shape index (κ3) is 46.3. The number of hydrogen-bond donors (Lipinski definition) is 4. The summed E-state index contributed by atoms with van der Waals surface area (Å²) >= 11 is 0. The Bertz CT molecular complexity index is 890. The molecule has 0 aliphatic heterocycles. The van der Waals surface area contributed by atoms with Crippen LogP contribution in [0.5, 0.6) is 0 Å². The van der Waals surface area contributed by atoms with Gasteiger partial charge in [-0.25, -0.2) is 0 Å². The molecule has 0 aromatic heterocycles. The molecule has 5 nitrogen and oxygen atoms in total. The molecule has 0 saturated heterocycles. The van der Waals surface area contributed by atoms with Gasteiger partial charge in [-0.1, -0.05) is 269 Å².